The minimum Gasteiger partial charge on any atom is -0.456 e. The number of thiophene rings is 1. The zero-order chi connectivity index (χ0) is 42.6. The van der Waals surface area contributed by atoms with Gasteiger partial charge in [-0.3, -0.25) is 0 Å². The summed E-state index contributed by atoms with van der Waals surface area (Å²) in [5.41, 5.74) is 14.2. The average molecular weight is 849 g/mol. The van der Waals surface area contributed by atoms with E-state index < -0.39 is 0 Å². The first-order valence-corrected chi connectivity index (χ1v) is 22.8. The molecule has 0 fully saturated rings. The molecule has 0 aliphatic rings. The number of furan rings is 2. The number of nitrogens with zero attached hydrogens (tertiary/aromatic N) is 2. The Labute approximate surface area is 377 Å². The fourth-order valence-corrected chi connectivity index (χ4v) is 11.3. The van der Waals surface area contributed by atoms with Crippen molar-refractivity contribution in [1.29, 1.82) is 0 Å². The predicted octanol–water partition coefficient (Wildman–Crippen LogP) is 17.8. The summed E-state index contributed by atoms with van der Waals surface area (Å²) in [4.78, 5) is 2.38. The Kier molecular flexibility index (Phi) is 7.82. The van der Waals surface area contributed by atoms with Crippen LogP contribution in [0.15, 0.2) is 227 Å². The molecule has 65 heavy (non-hydrogen) atoms. The third-order valence-electron chi connectivity index (χ3n) is 13.2. The molecule has 0 aliphatic heterocycles. The van der Waals surface area contributed by atoms with Crippen molar-refractivity contribution < 1.29 is 8.83 Å². The van der Waals surface area contributed by atoms with Crippen molar-refractivity contribution in [2.45, 2.75) is 0 Å². The second-order valence-electron chi connectivity index (χ2n) is 16.8. The molecule has 0 saturated carbocycles. The molecule has 4 aromatic heterocycles. The largest absolute Gasteiger partial charge is 0.456 e. The van der Waals surface area contributed by atoms with Gasteiger partial charge < -0.3 is 18.3 Å². The van der Waals surface area contributed by atoms with E-state index >= 15 is 0 Å². The Bertz CT molecular complexity index is 4170. The molecule has 0 bridgehead atoms. The van der Waals surface area contributed by atoms with Gasteiger partial charge in [0.2, 0.25) is 0 Å². The summed E-state index contributed by atoms with van der Waals surface area (Å²) < 4.78 is 18.5. The van der Waals surface area contributed by atoms with Crippen LogP contribution < -0.4 is 4.90 Å². The number of rotatable bonds is 6. The van der Waals surface area contributed by atoms with E-state index in [1.165, 1.54) is 36.5 Å². The molecule has 4 nitrogen and oxygen atoms in total. The Morgan fingerprint density at radius 1 is 0.338 bits per heavy atom. The molecule has 0 radical (unpaired) electrons. The van der Waals surface area contributed by atoms with Crippen molar-refractivity contribution in [2.24, 2.45) is 0 Å². The van der Waals surface area contributed by atoms with Crippen LogP contribution in [0.3, 0.4) is 0 Å². The average Bonchev–Trinajstić information content (AvgIpc) is 4.13. The van der Waals surface area contributed by atoms with Gasteiger partial charge in [0.25, 0.3) is 0 Å². The topological polar surface area (TPSA) is 34.5 Å². The number of para-hydroxylation sites is 5. The lowest BCUT2D eigenvalue weighted by atomic mass is 9.98. The summed E-state index contributed by atoms with van der Waals surface area (Å²) in [6.45, 7) is 0. The van der Waals surface area contributed by atoms with Gasteiger partial charge in [0.1, 0.15) is 22.3 Å². The predicted molar refractivity (Wildman–Crippen MR) is 274 cm³/mol. The minimum atomic E-state index is 0.839. The Balaban J connectivity index is 1.03. The van der Waals surface area contributed by atoms with E-state index in [0.29, 0.717) is 0 Å². The fraction of sp³-hybridized carbons (Fsp3) is 0. The summed E-state index contributed by atoms with van der Waals surface area (Å²) >= 11 is 1.85. The van der Waals surface area contributed by atoms with E-state index in [2.05, 4.69) is 210 Å². The molecule has 14 aromatic rings. The maximum absolute atomic E-state index is 6.92. The van der Waals surface area contributed by atoms with Crippen LogP contribution in [0, 0.1) is 0 Å². The van der Waals surface area contributed by atoms with Crippen molar-refractivity contribution in [3.63, 3.8) is 0 Å². The van der Waals surface area contributed by atoms with E-state index in [9.17, 15) is 0 Å². The number of hydrogen-bond donors (Lipinski definition) is 0. The van der Waals surface area contributed by atoms with Crippen LogP contribution in [-0.4, -0.2) is 4.57 Å². The highest BCUT2D eigenvalue weighted by Crippen LogP contribution is 2.47. The van der Waals surface area contributed by atoms with Crippen molar-refractivity contribution in [3.05, 3.63) is 218 Å². The summed E-state index contributed by atoms with van der Waals surface area (Å²) in [6, 6.07) is 78.6. The molecule has 304 valence electrons. The van der Waals surface area contributed by atoms with Gasteiger partial charge in [0.15, 0.2) is 0 Å². The minimum absolute atomic E-state index is 0.839. The number of fused-ring (bicyclic) bond motifs is 12. The number of anilines is 3. The quantitative estimate of drug-likeness (QED) is 0.167. The van der Waals surface area contributed by atoms with Crippen molar-refractivity contribution in [3.8, 4) is 27.9 Å². The maximum atomic E-state index is 6.92. The molecule has 4 heterocycles. The van der Waals surface area contributed by atoms with Crippen molar-refractivity contribution >= 4 is 114 Å². The molecule has 0 spiro atoms. The molecule has 0 aliphatic carbocycles. The second kappa shape index (κ2) is 14.1. The lowest BCUT2D eigenvalue weighted by Crippen LogP contribution is -2.10. The first kappa shape index (κ1) is 36.1. The van der Waals surface area contributed by atoms with Crippen LogP contribution in [0.25, 0.3) is 114 Å². The molecule has 5 heteroatoms. The van der Waals surface area contributed by atoms with E-state index in [4.69, 9.17) is 8.83 Å². The lowest BCUT2D eigenvalue weighted by Gasteiger charge is -2.27. The van der Waals surface area contributed by atoms with Gasteiger partial charge in [-0.2, -0.15) is 0 Å². The molecule has 0 saturated heterocycles. The highest BCUT2D eigenvalue weighted by atomic mass is 32.1. The standard InChI is InChI=1S/C60H36N2O2S/c1-7-22-52-42(16-1)43-17-2-8-23-53(43)62(52)54-24-9-3-18-44(54)50-34-41(35-51-46-20-5-11-26-56(46)64-60(50)51)61(40-29-30-47-45-19-4-10-25-55(45)63-57(47)36-40)39-15-13-14-37(32-39)38-28-31-59-49(33-38)48-21-6-12-27-58(48)65-59/h1-36H. The van der Waals surface area contributed by atoms with Gasteiger partial charge in [-0.1, -0.05) is 127 Å². The monoisotopic (exact) mass is 848 g/mol. The van der Waals surface area contributed by atoms with Crippen LogP contribution in [0.4, 0.5) is 17.1 Å². The Morgan fingerprint density at radius 2 is 0.954 bits per heavy atom. The van der Waals surface area contributed by atoms with E-state index in [0.717, 1.165) is 94.4 Å². The van der Waals surface area contributed by atoms with E-state index in [1.54, 1.807) is 0 Å². The summed E-state index contributed by atoms with van der Waals surface area (Å²) in [7, 11) is 0. The molecule has 14 rings (SSSR count). The van der Waals surface area contributed by atoms with Gasteiger partial charge in [-0.15, -0.1) is 11.3 Å². The highest BCUT2D eigenvalue weighted by molar-refractivity contribution is 7.25. The third-order valence-corrected chi connectivity index (χ3v) is 14.3. The highest BCUT2D eigenvalue weighted by Gasteiger charge is 2.24. The van der Waals surface area contributed by atoms with Gasteiger partial charge in [-0.25, -0.2) is 0 Å². The van der Waals surface area contributed by atoms with Gasteiger partial charge in [-0.05, 0) is 96.1 Å². The molecular weight excluding hydrogens is 813 g/mol. The SMILES string of the molecule is c1cc(-c2ccc3sc4ccccc4c3c2)cc(N(c2ccc3c(c2)oc2ccccc23)c2cc(-c3ccccc3-n3c4ccccc4c4ccccc43)c3oc4ccccc4c3c2)c1. The summed E-state index contributed by atoms with van der Waals surface area (Å²) in [5.74, 6) is 0. The molecule has 0 unspecified atom stereocenters. The Morgan fingerprint density at radius 3 is 1.77 bits per heavy atom. The molecule has 0 amide bonds. The number of aromatic nitrogens is 1. The van der Waals surface area contributed by atoms with E-state index in [-0.39, 0.29) is 0 Å². The van der Waals surface area contributed by atoms with Crippen molar-refractivity contribution in [1.82, 2.24) is 4.57 Å². The van der Waals surface area contributed by atoms with Gasteiger partial charge >= 0.3 is 0 Å². The van der Waals surface area contributed by atoms with Crippen LogP contribution in [0.1, 0.15) is 0 Å². The summed E-state index contributed by atoms with van der Waals surface area (Å²) in [6.07, 6.45) is 0. The Hall–Kier alpha value is -8.38. The molecular formula is C60H36N2O2S. The first-order valence-electron chi connectivity index (χ1n) is 22.0. The van der Waals surface area contributed by atoms with Crippen molar-refractivity contribution in [2.75, 3.05) is 4.90 Å². The smallest absolute Gasteiger partial charge is 0.143 e. The number of hydrogen-bond acceptors (Lipinski definition) is 4. The second-order valence-corrected chi connectivity index (χ2v) is 17.9. The van der Waals surface area contributed by atoms with Crippen LogP contribution >= 0.6 is 11.3 Å². The van der Waals surface area contributed by atoms with Crippen LogP contribution in [0.2, 0.25) is 0 Å². The number of benzene rings is 10. The van der Waals surface area contributed by atoms with Gasteiger partial charge in [0.05, 0.1) is 16.7 Å². The zero-order valence-electron chi connectivity index (χ0n) is 34.9. The zero-order valence-corrected chi connectivity index (χ0v) is 35.7. The first-order chi connectivity index (χ1) is 32.2. The normalized spacial score (nSPS) is 12.0. The maximum Gasteiger partial charge on any atom is 0.143 e. The summed E-state index contributed by atoms with van der Waals surface area (Å²) in [5, 5.41) is 9.33. The third kappa shape index (κ3) is 5.56. The molecule has 0 atom stereocenters. The van der Waals surface area contributed by atoms with Crippen LogP contribution in [0.5, 0.6) is 0 Å². The van der Waals surface area contributed by atoms with Gasteiger partial charge in [0, 0.05) is 86.7 Å². The molecule has 0 N–H and O–H groups in total. The van der Waals surface area contributed by atoms with Crippen LogP contribution in [-0.2, 0) is 0 Å². The lowest BCUT2D eigenvalue weighted by molar-refractivity contribution is 0.668. The van der Waals surface area contributed by atoms with E-state index in [1.807, 2.05) is 29.5 Å². The molecule has 10 aromatic carbocycles. The fourth-order valence-electron chi connectivity index (χ4n) is 10.3.